The molecular formula is C21H20N4O3. The summed E-state index contributed by atoms with van der Waals surface area (Å²) in [6, 6.07) is 12.7. The Labute approximate surface area is 162 Å². The van der Waals surface area contributed by atoms with Crippen LogP contribution in [0.5, 0.6) is 0 Å². The van der Waals surface area contributed by atoms with Crippen LogP contribution in [-0.2, 0) is 4.74 Å². The van der Waals surface area contributed by atoms with Crippen LogP contribution in [0.2, 0.25) is 0 Å². The van der Waals surface area contributed by atoms with Crippen molar-refractivity contribution in [1.29, 1.82) is 0 Å². The molecule has 0 saturated carbocycles. The average molecular weight is 376 g/mol. The van der Waals surface area contributed by atoms with E-state index in [2.05, 4.69) is 26.7 Å². The van der Waals surface area contributed by atoms with E-state index in [1.165, 1.54) is 19.5 Å². The third-order valence-electron chi connectivity index (χ3n) is 3.97. The SMILES string of the molecule is COC(=O)c1ccccc1NC(=O)c1cnc(Nc2cc(C)cc(C)c2)nc1. The molecule has 0 spiro atoms. The highest BCUT2D eigenvalue weighted by atomic mass is 16.5. The minimum atomic E-state index is -0.528. The molecule has 142 valence electrons. The molecule has 3 rings (SSSR count). The lowest BCUT2D eigenvalue weighted by Gasteiger charge is -2.10. The maximum atomic E-state index is 12.5. The number of aromatic nitrogens is 2. The van der Waals surface area contributed by atoms with Crippen LogP contribution < -0.4 is 10.6 Å². The van der Waals surface area contributed by atoms with E-state index < -0.39 is 11.9 Å². The number of nitrogens with zero attached hydrogens (tertiary/aromatic N) is 2. The first-order chi connectivity index (χ1) is 13.5. The highest BCUT2D eigenvalue weighted by Gasteiger charge is 2.15. The Kier molecular flexibility index (Phi) is 5.64. The number of carbonyl (C=O) groups is 2. The molecule has 0 saturated heterocycles. The summed E-state index contributed by atoms with van der Waals surface area (Å²) in [7, 11) is 1.29. The van der Waals surface area contributed by atoms with E-state index >= 15 is 0 Å². The Morgan fingerprint density at radius 3 is 2.25 bits per heavy atom. The van der Waals surface area contributed by atoms with E-state index in [4.69, 9.17) is 4.74 Å². The largest absolute Gasteiger partial charge is 0.465 e. The van der Waals surface area contributed by atoms with E-state index in [1.54, 1.807) is 24.3 Å². The predicted molar refractivity (Wildman–Crippen MR) is 107 cm³/mol. The smallest absolute Gasteiger partial charge is 0.339 e. The first kappa shape index (κ1) is 19.0. The van der Waals surface area contributed by atoms with Crippen molar-refractivity contribution in [1.82, 2.24) is 9.97 Å². The van der Waals surface area contributed by atoms with Crippen molar-refractivity contribution in [2.24, 2.45) is 0 Å². The van der Waals surface area contributed by atoms with E-state index in [0.717, 1.165) is 16.8 Å². The van der Waals surface area contributed by atoms with Crippen molar-refractivity contribution in [3.63, 3.8) is 0 Å². The van der Waals surface area contributed by atoms with Gasteiger partial charge >= 0.3 is 5.97 Å². The maximum absolute atomic E-state index is 12.5. The number of anilines is 3. The first-order valence-corrected chi connectivity index (χ1v) is 8.62. The summed E-state index contributed by atoms with van der Waals surface area (Å²) in [5.41, 5.74) is 4.03. The highest BCUT2D eigenvalue weighted by Crippen LogP contribution is 2.19. The fourth-order valence-electron chi connectivity index (χ4n) is 2.76. The summed E-state index contributed by atoms with van der Waals surface area (Å²) in [4.78, 5) is 32.7. The number of methoxy groups -OCH3 is 1. The Morgan fingerprint density at radius 1 is 0.964 bits per heavy atom. The maximum Gasteiger partial charge on any atom is 0.339 e. The summed E-state index contributed by atoms with van der Waals surface area (Å²) in [6.07, 6.45) is 2.85. The van der Waals surface area contributed by atoms with Crippen molar-refractivity contribution in [3.8, 4) is 0 Å². The van der Waals surface area contributed by atoms with Crippen molar-refractivity contribution < 1.29 is 14.3 Å². The zero-order valence-corrected chi connectivity index (χ0v) is 15.8. The Morgan fingerprint density at radius 2 is 1.61 bits per heavy atom. The molecule has 0 bridgehead atoms. The third kappa shape index (κ3) is 4.50. The molecule has 0 aliphatic carbocycles. The lowest BCUT2D eigenvalue weighted by atomic mass is 10.1. The van der Waals surface area contributed by atoms with Crippen molar-refractivity contribution in [2.45, 2.75) is 13.8 Å². The lowest BCUT2D eigenvalue weighted by molar-refractivity contribution is 0.0602. The van der Waals surface area contributed by atoms with E-state index in [0.29, 0.717) is 11.6 Å². The zero-order valence-electron chi connectivity index (χ0n) is 15.8. The molecule has 0 fully saturated rings. The lowest BCUT2D eigenvalue weighted by Crippen LogP contribution is -2.16. The van der Waals surface area contributed by atoms with Gasteiger partial charge in [0.2, 0.25) is 5.95 Å². The number of nitrogens with one attached hydrogen (secondary N) is 2. The molecule has 1 amide bonds. The molecule has 28 heavy (non-hydrogen) atoms. The Bertz CT molecular complexity index is 996. The second kappa shape index (κ2) is 8.30. The zero-order chi connectivity index (χ0) is 20.1. The second-order valence-electron chi connectivity index (χ2n) is 6.29. The quantitative estimate of drug-likeness (QED) is 0.657. The molecule has 7 heteroatoms. The molecule has 1 aromatic heterocycles. The molecule has 7 nitrogen and oxygen atoms in total. The summed E-state index contributed by atoms with van der Waals surface area (Å²) in [6.45, 7) is 4.03. The minimum absolute atomic E-state index is 0.269. The summed E-state index contributed by atoms with van der Waals surface area (Å²) < 4.78 is 4.73. The first-order valence-electron chi connectivity index (χ1n) is 8.62. The van der Waals surface area contributed by atoms with Gasteiger partial charge in [-0.2, -0.15) is 0 Å². The number of hydrogen-bond donors (Lipinski definition) is 2. The van der Waals surface area contributed by atoms with Gasteiger partial charge in [0.05, 0.1) is 23.9 Å². The fourth-order valence-corrected chi connectivity index (χ4v) is 2.76. The van der Waals surface area contributed by atoms with Gasteiger partial charge in [0.1, 0.15) is 0 Å². The molecule has 2 aromatic carbocycles. The van der Waals surface area contributed by atoms with Crippen LogP contribution in [-0.4, -0.2) is 29.0 Å². The Hall–Kier alpha value is -3.74. The second-order valence-corrected chi connectivity index (χ2v) is 6.29. The molecule has 2 N–H and O–H groups in total. The third-order valence-corrected chi connectivity index (χ3v) is 3.97. The van der Waals surface area contributed by atoms with Gasteiger partial charge in [0, 0.05) is 18.1 Å². The van der Waals surface area contributed by atoms with E-state index in [-0.39, 0.29) is 11.1 Å². The molecule has 0 unspecified atom stereocenters. The number of rotatable bonds is 5. The topological polar surface area (TPSA) is 93.2 Å². The van der Waals surface area contributed by atoms with Crippen LogP contribution in [0.1, 0.15) is 31.8 Å². The van der Waals surface area contributed by atoms with Crippen LogP contribution in [0.25, 0.3) is 0 Å². The van der Waals surface area contributed by atoms with Crippen molar-refractivity contribution in [2.75, 3.05) is 17.7 Å². The van der Waals surface area contributed by atoms with Gasteiger partial charge in [-0.1, -0.05) is 18.2 Å². The van der Waals surface area contributed by atoms with Gasteiger partial charge in [0.25, 0.3) is 5.91 Å². The molecule has 0 aliphatic heterocycles. The number of benzene rings is 2. The molecule has 0 aliphatic rings. The number of amides is 1. The van der Waals surface area contributed by atoms with Crippen molar-refractivity contribution >= 4 is 29.2 Å². The van der Waals surface area contributed by atoms with Gasteiger partial charge in [-0.25, -0.2) is 14.8 Å². The molecular weight excluding hydrogens is 356 g/mol. The van der Waals surface area contributed by atoms with Crippen LogP contribution >= 0.6 is 0 Å². The standard InChI is InChI=1S/C21H20N4O3/c1-13-8-14(2)10-16(9-13)24-21-22-11-15(12-23-21)19(26)25-18-7-5-4-6-17(18)20(27)28-3/h4-12H,1-3H3,(H,25,26)(H,22,23,24). The summed E-state index contributed by atoms with van der Waals surface area (Å²) in [5, 5.41) is 5.80. The van der Waals surface area contributed by atoms with Gasteiger partial charge in [-0.05, 0) is 49.2 Å². The van der Waals surface area contributed by atoms with Crippen LogP contribution in [0.4, 0.5) is 17.3 Å². The number of hydrogen-bond acceptors (Lipinski definition) is 6. The van der Waals surface area contributed by atoms with Gasteiger partial charge < -0.3 is 15.4 Å². The Balaban J connectivity index is 1.73. The monoisotopic (exact) mass is 376 g/mol. The normalized spacial score (nSPS) is 10.2. The van der Waals surface area contributed by atoms with E-state index in [9.17, 15) is 9.59 Å². The summed E-state index contributed by atoms with van der Waals surface area (Å²) in [5.74, 6) is -0.564. The molecule has 3 aromatic rings. The number of para-hydroxylation sites is 1. The van der Waals surface area contributed by atoms with Crippen LogP contribution in [0.15, 0.2) is 54.9 Å². The van der Waals surface area contributed by atoms with Crippen LogP contribution in [0.3, 0.4) is 0 Å². The number of ether oxygens (including phenoxy) is 1. The average Bonchev–Trinajstić information content (AvgIpc) is 2.67. The predicted octanol–water partition coefficient (Wildman–Crippen LogP) is 3.88. The van der Waals surface area contributed by atoms with Crippen molar-refractivity contribution in [3.05, 3.63) is 77.1 Å². The number of esters is 1. The summed E-state index contributed by atoms with van der Waals surface area (Å²) >= 11 is 0. The van der Waals surface area contributed by atoms with E-state index in [1.807, 2.05) is 26.0 Å². The minimum Gasteiger partial charge on any atom is -0.465 e. The highest BCUT2D eigenvalue weighted by molar-refractivity contribution is 6.07. The van der Waals surface area contributed by atoms with Crippen LogP contribution in [0, 0.1) is 13.8 Å². The number of aryl methyl sites for hydroxylation is 2. The van der Waals surface area contributed by atoms with Gasteiger partial charge in [-0.3, -0.25) is 4.79 Å². The fraction of sp³-hybridized carbons (Fsp3) is 0.143. The van der Waals surface area contributed by atoms with Gasteiger partial charge in [-0.15, -0.1) is 0 Å². The number of carbonyl (C=O) groups excluding carboxylic acids is 2. The molecule has 0 radical (unpaired) electrons. The molecule has 0 atom stereocenters. The molecule has 1 heterocycles. The van der Waals surface area contributed by atoms with Gasteiger partial charge in [0.15, 0.2) is 0 Å².